The van der Waals surface area contributed by atoms with E-state index in [1.54, 1.807) is 6.07 Å². The lowest BCUT2D eigenvalue weighted by atomic mass is 9.93. The molecule has 2 N–H and O–H groups in total. The van der Waals surface area contributed by atoms with Crippen molar-refractivity contribution in [2.24, 2.45) is 5.73 Å². The molecule has 1 aromatic rings. The van der Waals surface area contributed by atoms with E-state index in [0.717, 1.165) is 31.9 Å². The number of halogens is 3. The van der Waals surface area contributed by atoms with Crippen molar-refractivity contribution in [3.63, 3.8) is 0 Å². The van der Waals surface area contributed by atoms with Crippen molar-refractivity contribution in [3.8, 4) is 0 Å². The molecule has 0 bridgehead atoms. The van der Waals surface area contributed by atoms with Crippen LogP contribution in [-0.2, 0) is 11.0 Å². The van der Waals surface area contributed by atoms with Crippen LogP contribution in [0, 0.1) is 0 Å². The van der Waals surface area contributed by atoms with Crippen molar-refractivity contribution in [1.82, 2.24) is 4.90 Å². The molecular formula is C16H21F3N2O. The summed E-state index contributed by atoms with van der Waals surface area (Å²) in [5, 5.41) is 0. The number of alkyl halides is 3. The van der Waals surface area contributed by atoms with Gasteiger partial charge in [0.25, 0.3) is 0 Å². The Bertz CT molecular complexity index is 516. The van der Waals surface area contributed by atoms with Crippen molar-refractivity contribution in [2.75, 3.05) is 13.1 Å². The minimum absolute atomic E-state index is 0.0103. The molecule has 1 amide bonds. The fourth-order valence-corrected chi connectivity index (χ4v) is 3.01. The Hall–Kier alpha value is -1.56. The number of piperidine rings is 1. The van der Waals surface area contributed by atoms with Crippen LogP contribution in [0.3, 0.4) is 0 Å². The van der Waals surface area contributed by atoms with Gasteiger partial charge in [-0.25, -0.2) is 0 Å². The van der Waals surface area contributed by atoms with Crippen LogP contribution in [0.25, 0.3) is 0 Å². The van der Waals surface area contributed by atoms with Gasteiger partial charge in [-0.2, -0.15) is 13.2 Å². The van der Waals surface area contributed by atoms with Crippen molar-refractivity contribution < 1.29 is 18.0 Å². The molecule has 2 rings (SSSR count). The molecule has 6 heteroatoms. The molecule has 1 aromatic carbocycles. The second-order valence-corrected chi connectivity index (χ2v) is 5.74. The van der Waals surface area contributed by atoms with Gasteiger partial charge in [-0.3, -0.25) is 9.69 Å². The Morgan fingerprint density at radius 2 is 2.09 bits per heavy atom. The summed E-state index contributed by atoms with van der Waals surface area (Å²) in [5.41, 5.74) is 5.24. The topological polar surface area (TPSA) is 46.3 Å². The molecule has 0 spiro atoms. The van der Waals surface area contributed by atoms with Gasteiger partial charge in [-0.15, -0.1) is 0 Å². The van der Waals surface area contributed by atoms with E-state index in [2.05, 4.69) is 4.90 Å². The third kappa shape index (κ3) is 4.47. The summed E-state index contributed by atoms with van der Waals surface area (Å²) >= 11 is 0. The lowest BCUT2D eigenvalue weighted by molar-refractivity contribution is -0.137. The van der Waals surface area contributed by atoms with Crippen molar-refractivity contribution >= 4 is 5.91 Å². The summed E-state index contributed by atoms with van der Waals surface area (Å²) in [6.07, 6.45) is -0.477. The quantitative estimate of drug-likeness (QED) is 0.904. The molecule has 0 aromatic heterocycles. The largest absolute Gasteiger partial charge is 0.416 e. The Balaban J connectivity index is 2.11. The van der Waals surface area contributed by atoms with E-state index in [9.17, 15) is 18.0 Å². The third-order valence-electron chi connectivity index (χ3n) is 4.08. The Kier molecular flexibility index (Phi) is 5.45. The Labute approximate surface area is 128 Å². The van der Waals surface area contributed by atoms with E-state index in [0.29, 0.717) is 24.9 Å². The first-order chi connectivity index (χ1) is 10.4. The van der Waals surface area contributed by atoms with Gasteiger partial charge < -0.3 is 5.73 Å². The summed E-state index contributed by atoms with van der Waals surface area (Å²) in [6, 6.07) is 5.56. The molecule has 22 heavy (non-hydrogen) atoms. The van der Waals surface area contributed by atoms with Gasteiger partial charge in [0.1, 0.15) is 0 Å². The number of hydrogen-bond donors (Lipinski definition) is 1. The zero-order valence-electron chi connectivity index (χ0n) is 12.4. The highest BCUT2D eigenvalue weighted by molar-refractivity contribution is 5.73. The summed E-state index contributed by atoms with van der Waals surface area (Å²) in [5.74, 6) is -0.340. The normalized spacial score (nSPS) is 20.0. The maximum Gasteiger partial charge on any atom is 0.416 e. The molecule has 0 aliphatic carbocycles. The number of hydrogen-bond acceptors (Lipinski definition) is 2. The van der Waals surface area contributed by atoms with E-state index < -0.39 is 11.7 Å². The van der Waals surface area contributed by atoms with Crippen molar-refractivity contribution in [3.05, 3.63) is 35.4 Å². The number of carbonyl (C=O) groups excluding carboxylic acids is 1. The standard InChI is InChI=1S/C16H21F3N2O/c17-16(18,19)13-6-3-5-12(11-13)14-7-1-2-9-21(14)10-4-8-15(20)22/h3,5-6,11,14H,1-2,4,7-10H2,(H2,20,22). The van der Waals surface area contributed by atoms with Gasteiger partial charge >= 0.3 is 6.18 Å². The fourth-order valence-electron chi connectivity index (χ4n) is 3.01. The van der Waals surface area contributed by atoms with Gasteiger partial charge in [-0.05, 0) is 50.0 Å². The van der Waals surface area contributed by atoms with E-state index >= 15 is 0 Å². The summed E-state index contributed by atoms with van der Waals surface area (Å²) in [4.78, 5) is 13.0. The molecule has 1 aliphatic rings. The molecule has 1 atom stereocenters. The van der Waals surface area contributed by atoms with Crippen LogP contribution < -0.4 is 5.73 Å². The highest BCUT2D eigenvalue weighted by Crippen LogP contribution is 2.35. The maximum atomic E-state index is 12.9. The smallest absolute Gasteiger partial charge is 0.370 e. The number of rotatable bonds is 5. The SMILES string of the molecule is NC(=O)CCCN1CCCCC1c1cccc(C(F)(F)F)c1. The molecule has 1 heterocycles. The zero-order valence-corrected chi connectivity index (χ0v) is 12.4. The third-order valence-corrected chi connectivity index (χ3v) is 4.08. The minimum Gasteiger partial charge on any atom is -0.370 e. The van der Waals surface area contributed by atoms with Crippen LogP contribution in [-0.4, -0.2) is 23.9 Å². The maximum absolute atomic E-state index is 12.9. The summed E-state index contributed by atoms with van der Waals surface area (Å²) in [7, 11) is 0. The second-order valence-electron chi connectivity index (χ2n) is 5.74. The van der Waals surface area contributed by atoms with Gasteiger partial charge in [0.15, 0.2) is 0 Å². The number of benzene rings is 1. The highest BCUT2D eigenvalue weighted by atomic mass is 19.4. The number of primary amides is 1. The average Bonchev–Trinajstić information content (AvgIpc) is 2.47. The summed E-state index contributed by atoms with van der Waals surface area (Å²) in [6.45, 7) is 1.53. The van der Waals surface area contributed by atoms with Crippen LogP contribution in [0.5, 0.6) is 0 Å². The van der Waals surface area contributed by atoms with E-state index in [1.165, 1.54) is 12.1 Å². The number of nitrogens with two attached hydrogens (primary N) is 1. The van der Waals surface area contributed by atoms with Crippen LogP contribution in [0.15, 0.2) is 24.3 Å². The lowest BCUT2D eigenvalue weighted by Crippen LogP contribution is -2.34. The first-order valence-corrected chi connectivity index (χ1v) is 7.57. The molecule has 0 radical (unpaired) electrons. The molecule has 0 saturated carbocycles. The molecule has 122 valence electrons. The molecule has 1 saturated heterocycles. The van der Waals surface area contributed by atoms with Gasteiger partial charge in [0, 0.05) is 12.5 Å². The number of amides is 1. The van der Waals surface area contributed by atoms with Crippen molar-refractivity contribution in [1.29, 1.82) is 0 Å². The Morgan fingerprint density at radius 1 is 1.32 bits per heavy atom. The monoisotopic (exact) mass is 314 g/mol. The predicted octanol–water partition coefficient (Wildman–Crippen LogP) is 3.50. The number of carbonyl (C=O) groups is 1. The number of likely N-dealkylation sites (tertiary alicyclic amines) is 1. The predicted molar refractivity (Wildman–Crippen MR) is 78.0 cm³/mol. The van der Waals surface area contributed by atoms with Crippen LogP contribution in [0.4, 0.5) is 13.2 Å². The van der Waals surface area contributed by atoms with E-state index in [-0.39, 0.29) is 11.9 Å². The van der Waals surface area contributed by atoms with Gasteiger partial charge in [0.2, 0.25) is 5.91 Å². The average molecular weight is 314 g/mol. The molecule has 3 nitrogen and oxygen atoms in total. The first-order valence-electron chi connectivity index (χ1n) is 7.57. The van der Waals surface area contributed by atoms with Crippen LogP contribution in [0.2, 0.25) is 0 Å². The van der Waals surface area contributed by atoms with Gasteiger partial charge in [-0.1, -0.05) is 18.6 Å². The Morgan fingerprint density at radius 3 is 2.77 bits per heavy atom. The minimum atomic E-state index is -4.32. The summed E-state index contributed by atoms with van der Waals surface area (Å²) < 4.78 is 38.6. The first kappa shape index (κ1) is 16.8. The highest BCUT2D eigenvalue weighted by Gasteiger charge is 2.32. The molecule has 1 aliphatic heterocycles. The van der Waals surface area contributed by atoms with Gasteiger partial charge in [0.05, 0.1) is 5.56 Å². The van der Waals surface area contributed by atoms with Crippen molar-refractivity contribution in [2.45, 2.75) is 44.3 Å². The van der Waals surface area contributed by atoms with Crippen LogP contribution in [0.1, 0.15) is 49.3 Å². The zero-order chi connectivity index (χ0) is 16.2. The number of nitrogens with zero attached hydrogens (tertiary/aromatic N) is 1. The fraction of sp³-hybridized carbons (Fsp3) is 0.562. The molecular weight excluding hydrogens is 293 g/mol. The second kappa shape index (κ2) is 7.13. The molecule has 1 unspecified atom stereocenters. The lowest BCUT2D eigenvalue weighted by Gasteiger charge is -2.36. The van der Waals surface area contributed by atoms with Crippen LogP contribution >= 0.6 is 0 Å². The molecule has 1 fully saturated rings. The van der Waals surface area contributed by atoms with E-state index in [1.807, 2.05) is 0 Å². The van der Waals surface area contributed by atoms with E-state index in [4.69, 9.17) is 5.73 Å².